The molecule has 6 nitrogen and oxygen atoms in total. The summed E-state index contributed by atoms with van der Waals surface area (Å²) in [6.07, 6.45) is 2.09. The monoisotopic (exact) mass is 534 g/mol. The number of amides is 1. The third kappa shape index (κ3) is 3.51. The first-order valence-corrected chi connectivity index (χ1v) is 13.7. The van der Waals surface area contributed by atoms with Crippen LogP contribution in [0, 0.1) is 18.3 Å². The average molecular weight is 535 g/mol. The zero-order valence-corrected chi connectivity index (χ0v) is 23.7. The number of aryl methyl sites for hydroxylation is 1. The van der Waals surface area contributed by atoms with Crippen LogP contribution in [0.25, 0.3) is 5.57 Å². The minimum atomic E-state index is -1.30. The molecule has 1 fully saturated rings. The molecule has 1 N–H and O–H groups in total. The summed E-state index contributed by atoms with van der Waals surface area (Å²) in [5, 5.41) is 3.09. The van der Waals surface area contributed by atoms with E-state index >= 15 is 0 Å². The smallest absolute Gasteiger partial charge is 0.238 e. The summed E-state index contributed by atoms with van der Waals surface area (Å²) in [5.41, 5.74) is 3.84. The van der Waals surface area contributed by atoms with Gasteiger partial charge in [-0.25, -0.2) is 0 Å². The molecule has 0 radical (unpaired) electrons. The Labute approximate surface area is 235 Å². The molecular formula is C34H34N2O4. The van der Waals surface area contributed by atoms with Crippen molar-refractivity contribution in [1.29, 1.82) is 0 Å². The van der Waals surface area contributed by atoms with Gasteiger partial charge in [-0.3, -0.25) is 14.4 Å². The number of hydrogen-bond donors (Lipinski definition) is 1. The molecule has 1 saturated heterocycles. The molecule has 0 bridgehead atoms. The highest BCUT2D eigenvalue weighted by atomic mass is 16.5. The number of carbonyl (C=O) groups excluding carboxylic acids is 3. The van der Waals surface area contributed by atoms with Crippen LogP contribution in [0.15, 0.2) is 72.8 Å². The Balaban J connectivity index is 1.69. The Hall–Kier alpha value is -4.19. The van der Waals surface area contributed by atoms with E-state index in [1.54, 1.807) is 31.4 Å². The fourth-order valence-electron chi connectivity index (χ4n) is 6.92. The van der Waals surface area contributed by atoms with E-state index in [0.29, 0.717) is 17.0 Å². The zero-order valence-electron chi connectivity index (χ0n) is 23.7. The van der Waals surface area contributed by atoms with E-state index in [1.807, 2.05) is 71.0 Å². The normalized spacial score (nSPS) is 24.6. The number of anilines is 2. The molecule has 0 aromatic heterocycles. The minimum Gasteiger partial charge on any atom is -0.497 e. The van der Waals surface area contributed by atoms with Crippen LogP contribution in [0.4, 0.5) is 11.4 Å². The first-order chi connectivity index (χ1) is 19.0. The Morgan fingerprint density at radius 1 is 0.975 bits per heavy atom. The van der Waals surface area contributed by atoms with Gasteiger partial charge < -0.3 is 15.0 Å². The number of hydrogen-bond acceptors (Lipinski definition) is 5. The van der Waals surface area contributed by atoms with Crippen molar-refractivity contribution in [2.75, 3.05) is 17.3 Å². The number of para-hydroxylation sites is 1. The molecule has 4 atom stereocenters. The Morgan fingerprint density at radius 2 is 1.68 bits per heavy atom. The summed E-state index contributed by atoms with van der Waals surface area (Å²) >= 11 is 0. The van der Waals surface area contributed by atoms with Crippen molar-refractivity contribution < 1.29 is 19.1 Å². The lowest BCUT2D eigenvalue weighted by Crippen LogP contribution is -2.51. The van der Waals surface area contributed by atoms with E-state index in [9.17, 15) is 14.4 Å². The number of fused-ring (bicyclic) bond motifs is 6. The van der Waals surface area contributed by atoms with Crippen molar-refractivity contribution in [1.82, 2.24) is 0 Å². The third-order valence-electron chi connectivity index (χ3n) is 8.80. The average Bonchev–Trinajstić information content (AvgIpc) is 3.39. The number of allylic oxidation sites excluding steroid dienone is 1. The topological polar surface area (TPSA) is 75.7 Å². The first kappa shape index (κ1) is 26.1. The molecule has 0 aliphatic carbocycles. The van der Waals surface area contributed by atoms with Crippen molar-refractivity contribution in [2.45, 2.75) is 52.1 Å². The molecular weight excluding hydrogens is 500 g/mol. The van der Waals surface area contributed by atoms with E-state index in [4.69, 9.17) is 4.74 Å². The van der Waals surface area contributed by atoms with Gasteiger partial charge in [0, 0.05) is 27.9 Å². The van der Waals surface area contributed by atoms with Crippen molar-refractivity contribution in [3.05, 3.63) is 95.1 Å². The summed E-state index contributed by atoms with van der Waals surface area (Å²) in [7, 11) is 1.58. The van der Waals surface area contributed by atoms with E-state index in [2.05, 4.69) is 22.4 Å². The van der Waals surface area contributed by atoms with Crippen molar-refractivity contribution in [2.24, 2.45) is 11.3 Å². The number of nitrogens with one attached hydrogen (secondary N) is 1. The van der Waals surface area contributed by atoms with E-state index in [0.717, 1.165) is 28.0 Å². The molecule has 6 heteroatoms. The van der Waals surface area contributed by atoms with Crippen LogP contribution >= 0.6 is 0 Å². The maximum Gasteiger partial charge on any atom is 0.238 e. The van der Waals surface area contributed by atoms with Gasteiger partial charge in [-0.2, -0.15) is 0 Å². The maximum atomic E-state index is 14.8. The molecule has 1 amide bonds. The second kappa shape index (κ2) is 8.91. The van der Waals surface area contributed by atoms with Gasteiger partial charge in [-0.1, -0.05) is 56.7 Å². The van der Waals surface area contributed by atoms with Gasteiger partial charge >= 0.3 is 0 Å². The third-order valence-corrected chi connectivity index (χ3v) is 8.80. The van der Waals surface area contributed by atoms with Crippen molar-refractivity contribution in [3.63, 3.8) is 0 Å². The van der Waals surface area contributed by atoms with Gasteiger partial charge in [0.15, 0.2) is 11.6 Å². The molecule has 3 aliphatic rings. The Bertz CT molecular complexity index is 1600. The molecule has 0 unspecified atom stereocenters. The van der Waals surface area contributed by atoms with Crippen LogP contribution in [-0.4, -0.2) is 36.7 Å². The fraction of sp³-hybridized carbons (Fsp3) is 0.324. The lowest BCUT2D eigenvalue weighted by atomic mass is 9.63. The predicted octanol–water partition coefficient (Wildman–Crippen LogP) is 5.98. The van der Waals surface area contributed by atoms with Crippen LogP contribution in [-0.2, 0) is 15.0 Å². The van der Waals surface area contributed by atoms with Gasteiger partial charge in [0.1, 0.15) is 17.2 Å². The highest BCUT2D eigenvalue weighted by Crippen LogP contribution is 2.59. The second-order valence-corrected chi connectivity index (χ2v) is 12.2. The molecule has 40 heavy (non-hydrogen) atoms. The summed E-state index contributed by atoms with van der Waals surface area (Å²) in [4.78, 5) is 45.8. The van der Waals surface area contributed by atoms with E-state index in [-0.39, 0.29) is 17.5 Å². The van der Waals surface area contributed by atoms with Crippen LogP contribution in [0.5, 0.6) is 5.75 Å². The van der Waals surface area contributed by atoms with Crippen molar-refractivity contribution >= 4 is 34.4 Å². The summed E-state index contributed by atoms with van der Waals surface area (Å²) < 4.78 is 5.33. The number of rotatable bonds is 4. The van der Waals surface area contributed by atoms with Crippen LogP contribution in [0.2, 0.25) is 0 Å². The van der Waals surface area contributed by atoms with Gasteiger partial charge in [0.05, 0.1) is 19.1 Å². The van der Waals surface area contributed by atoms with Crippen LogP contribution in [0.3, 0.4) is 0 Å². The molecule has 6 rings (SSSR count). The van der Waals surface area contributed by atoms with Gasteiger partial charge in [-0.15, -0.1) is 0 Å². The number of nitrogens with zero attached hydrogens (tertiary/aromatic N) is 1. The molecule has 3 aromatic carbocycles. The minimum absolute atomic E-state index is 0.0714. The number of carbonyl (C=O) groups is 3. The molecule has 1 spiro atoms. The fourth-order valence-corrected chi connectivity index (χ4v) is 6.92. The van der Waals surface area contributed by atoms with Crippen molar-refractivity contribution in [3.8, 4) is 5.75 Å². The lowest BCUT2D eigenvalue weighted by Gasteiger charge is -2.40. The standard InChI is InChI=1S/C34H34N2O4/c1-19-11-16-26-23(17-19)20(2)18-27-34(24-9-7-8-10-25(24)35-32(34)39)28(29(36(26)27)31(38)33(3,4)5)30(37)21-12-14-22(40-6)15-13-21/h7-18,27-29H,1-6H3,(H,35,39)/t27-,28+,29-,34-/m1/s1. The number of ketones is 2. The van der Waals surface area contributed by atoms with Gasteiger partial charge in [0.2, 0.25) is 5.91 Å². The molecule has 0 saturated carbocycles. The molecule has 3 aromatic rings. The van der Waals surface area contributed by atoms with E-state index < -0.39 is 28.8 Å². The predicted molar refractivity (Wildman–Crippen MR) is 157 cm³/mol. The summed E-state index contributed by atoms with van der Waals surface area (Å²) in [6, 6.07) is 19.3. The Morgan fingerprint density at radius 3 is 2.35 bits per heavy atom. The first-order valence-electron chi connectivity index (χ1n) is 13.7. The summed E-state index contributed by atoms with van der Waals surface area (Å²) in [6.45, 7) is 9.73. The largest absolute Gasteiger partial charge is 0.497 e. The highest BCUT2D eigenvalue weighted by molar-refractivity contribution is 6.17. The quantitative estimate of drug-likeness (QED) is 0.417. The SMILES string of the molecule is COc1ccc(C(=O)[C@@H]2[C@H](C(=O)C(C)(C)C)N3c4ccc(C)cc4C(C)=C[C@@H]3[C@@]23C(=O)Nc2ccccc23)cc1. The van der Waals surface area contributed by atoms with Crippen LogP contribution < -0.4 is 15.0 Å². The molecule has 3 heterocycles. The number of Topliss-reactive ketones (excluding diaryl/α,β-unsaturated/α-hetero) is 2. The zero-order chi connectivity index (χ0) is 28.6. The Kier molecular flexibility index (Phi) is 5.81. The number of ether oxygens (including phenoxy) is 1. The van der Waals surface area contributed by atoms with Crippen LogP contribution in [0.1, 0.15) is 54.7 Å². The number of methoxy groups -OCH3 is 1. The van der Waals surface area contributed by atoms with Gasteiger partial charge in [0.25, 0.3) is 0 Å². The second-order valence-electron chi connectivity index (χ2n) is 12.2. The van der Waals surface area contributed by atoms with E-state index in [1.165, 1.54) is 0 Å². The highest BCUT2D eigenvalue weighted by Gasteiger charge is 2.71. The lowest BCUT2D eigenvalue weighted by molar-refractivity contribution is -0.128. The van der Waals surface area contributed by atoms with Gasteiger partial charge in [-0.05, 0) is 67.4 Å². The molecule has 204 valence electrons. The summed E-state index contributed by atoms with van der Waals surface area (Å²) in [5.74, 6) is -0.884. The maximum absolute atomic E-state index is 14.8. The molecule has 3 aliphatic heterocycles. The number of benzene rings is 3.